The van der Waals surface area contributed by atoms with Gasteiger partial charge in [0, 0.05) is 26.8 Å². The van der Waals surface area contributed by atoms with E-state index in [4.69, 9.17) is 4.74 Å². The average Bonchev–Trinajstić information content (AvgIpc) is 2.80. The van der Waals surface area contributed by atoms with Crippen molar-refractivity contribution >= 4 is 0 Å². The van der Waals surface area contributed by atoms with Gasteiger partial charge in [0.25, 0.3) is 0 Å². The van der Waals surface area contributed by atoms with Gasteiger partial charge >= 0.3 is 0 Å². The second kappa shape index (κ2) is 4.63. The summed E-state index contributed by atoms with van der Waals surface area (Å²) in [5.41, 5.74) is 0.985. The summed E-state index contributed by atoms with van der Waals surface area (Å²) in [5.74, 6) is 0. The Bertz CT molecular complexity index is 168. The summed E-state index contributed by atoms with van der Waals surface area (Å²) in [7, 11) is 1.79. The number of nitrogens with one attached hydrogen (secondary N) is 1. The van der Waals surface area contributed by atoms with Crippen LogP contribution in [0.2, 0.25) is 0 Å². The van der Waals surface area contributed by atoms with Gasteiger partial charge in [-0.1, -0.05) is 20.8 Å². The van der Waals surface area contributed by atoms with Gasteiger partial charge in [-0.05, 0) is 30.1 Å². The normalized spacial score (nSPS) is 19.7. The Morgan fingerprint density at radius 2 is 1.93 bits per heavy atom. The lowest BCUT2D eigenvalue weighted by atomic mass is 9.96. The van der Waals surface area contributed by atoms with Crippen molar-refractivity contribution in [2.75, 3.05) is 26.8 Å². The summed E-state index contributed by atoms with van der Waals surface area (Å²) in [5, 5.41) is 3.58. The van der Waals surface area contributed by atoms with Crippen molar-refractivity contribution in [2.24, 2.45) is 10.8 Å². The maximum Gasteiger partial charge on any atom is 0.0468 e. The van der Waals surface area contributed by atoms with Crippen molar-refractivity contribution in [2.45, 2.75) is 40.0 Å². The molecule has 0 spiro atoms. The van der Waals surface area contributed by atoms with Crippen LogP contribution in [-0.4, -0.2) is 26.8 Å². The first-order valence-corrected chi connectivity index (χ1v) is 5.67. The maximum atomic E-state index is 5.14. The molecule has 84 valence electrons. The van der Waals surface area contributed by atoms with E-state index in [1.807, 2.05) is 0 Å². The topological polar surface area (TPSA) is 21.3 Å². The molecule has 1 saturated carbocycles. The van der Waals surface area contributed by atoms with Gasteiger partial charge in [-0.25, -0.2) is 0 Å². The van der Waals surface area contributed by atoms with Crippen molar-refractivity contribution in [3.63, 3.8) is 0 Å². The molecule has 0 aliphatic heterocycles. The monoisotopic (exact) mass is 199 g/mol. The molecular weight excluding hydrogens is 174 g/mol. The van der Waals surface area contributed by atoms with Crippen LogP contribution in [-0.2, 0) is 4.74 Å². The van der Waals surface area contributed by atoms with Crippen LogP contribution in [0.4, 0.5) is 0 Å². The zero-order valence-electron chi connectivity index (χ0n) is 10.2. The third-order valence-corrected chi connectivity index (χ3v) is 2.95. The first-order valence-electron chi connectivity index (χ1n) is 5.67. The van der Waals surface area contributed by atoms with Crippen LogP contribution in [0.25, 0.3) is 0 Å². The molecule has 1 aliphatic carbocycles. The SMILES string of the molecule is COCCC1(CNCC(C)(C)C)CC1. The molecule has 0 heterocycles. The van der Waals surface area contributed by atoms with E-state index in [0.29, 0.717) is 10.8 Å². The lowest BCUT2D eigenvalue weighted by Gasteiger charge is -2.22. The quantitative estimate of drug-likeness (QED) is 0.709. The first-order chi connectivity index (χ1) is 6.47. The summed E-state index contributed by atoms with van der Waals surface area (Å²) < 4.78 is 5.14. The predicted octanol–water partition coefficient (Wildman–Crippen LogP) is 2.44. The van der Waals surface area contributed by atoms with Gasteiger partial charge in [-0.2, -0.15) is 0 Å². The smallest absolute Gasteiger partial charge is 0.0468 e. The number of ether oxygens (including phenoxy) is 1. The van der Waals surface area contributed by atoms with Crippen LogP contribution in [0, 0.1) is 10.8 Å². The summed E-state index contributed by atoms with van der Waals surface area (Å²) in [6.07, 6.45) is 3.99. The Hall–Kier alpha value is -0.0800. The average molecular weight is 199 g/mol. The molecule has 1 N–H and O–H groups in total. The molecule has 2 nitrogen and oxygen atoms in total. The standard InChI is InChI=1S/C12H25NO/c1-11(2,3)9-13-10-12(5-6-12)7-8-14-4/h13H,5-10H2,1-4H3. The van der Waals surface area contributed by atoms with E-state index in [1.54, 1.807) is 7.11 Å². The molecule has 0 radical (unpaired) electrons. The van der Waals surface area contributed by atoms with E-state index in [0.717, 1.165) is 13.2 Å². The lowest BCUT2D eigenvalue weighted by Crippen LogP contribution is -2.32. The molecule has 0 aromatic rings. The molecule has 0 aromatic carbocycles. The van der Waals surface area contributed by atoms with Crippen LogP contribution in [0.3, 0.4) is 0 Å². The Morgan fingerprint density at radius 3 is 2.36 bits per heavy atom. The summed E-state index contributed by atoms with van der Waals surface area (Å²) >= 11 is 0. The molecule has 1 aliphatic rings. The van der Waals surface area contributed by atoms with Crippen molar-refractivity contribution in [3.05, 3.63) is 0 Å². The summed E-state index contributed by atoms with van der Waals surface area (Å²) in [4.78, 5) is 0. The van der Waals surface area contributed by atoms with Crippen molar-refractivity contribution < 1.29 is 4.74 Å². The van der Waals surface area contributed by atoms with Crippen LogP contribution in [0.1, 0.15) is 40.0 Å². The lowest BCUT2D eigenvalue weighted by molar-refractivity contribution is 0.170. The molecule has 14 heavy (non-hydrogen) atoms. The van der Waals surface area contributed by atoms with E-state index in [9.17, 15) is 0 Å². The highest BCUT2D eigenvalue weighted by atomic mass is 16.5. The van der Waals surface area contributed by atoms with Gasteiger partial charge < -0.3 is 10.1 Å². The maximum absolute atomic E-state index is 5.14. The second-order valence-corrected chi connectivity index (χ2v) is 5.91. The van der Waals surface area contributed by atoms with Gasteiger partial charge in [-0.15, -0.1) is 0 Å². The Kier molecular flexibility index (Phi) is 3.96. The fourth-order valence-corrected chi connectivity index (χ4v) is 1.71. The van der Waals surface area contributed by atoms with Crippen molar-refractivity contribution in [1.29, 1.82) is 0 Å². The van der Waals surface area contributed by atoms with Gasteiger partial charge in [0.05, 0.1) is 0 Å². The van der Waals surface area contributed by atoms with Gasteiger partial charge in [-0.3, -0.25) is 0 Å². The number of methoxy groups -OCH3 is 1. The molecule has 0 saturated heterocycles. The van der Waals surface area contributed by atoms with E-state index in [-0.39, 0.29) is 0 Å². The highest BCUT2D eigenvalue weighted by Gasteiger charge is 2.41. The minimum Gasteiger partial charge on any atom is -0.385 e. The highest BCUT2D eigenvalue weighted by molar-refractivity contribution is 4.94. The zero-order valence-corrected chi connectivity index (χ0v) is 10.2. The summed E-state index contributed by atoms with van der Waals surface area (Å²) in [6.45, 7) is 10.0. The van der Waals surface area contributed by atoms with Gasteiger partial charge in [0.1, 0.15) is 0 Å². The zero-order chi connectivity index (χ0) is 10.7. The third-order valence-electron chi connectivity index (χ3n) is 2.95. The number of hydrogen-bond donors (Lipinski definition) is 1. The number of hydrogen-bond acceptors (Lipinski definition) is 2. The Balaban J connectivity index is 2.11. The molecule has 1 fully saturated rings. The van der Waals surface area contributed by atoms with Crippen molar-refractivity contribution in [1.82, 2.24) is 5.32 Å². The fraction of sp³-hybridized carbons (Fsp3) is 1.00. The molecule has 0 amide bonds. The second-order valence-electron chi connectivity index (χ2n) is 5.91. The van der Waals surface area contributed by atoms with Crippen LogP contribution < -0.4 is 5.32 Å². The molecule has 0 unspecified atom stereocenters. The van der Waals surface area contributed by atoms with E-state index in [1.165, 1.54) is 25.8 Å². The van der Waals surface area contributed by atoms with Gasteiger partial charge in [0.2, 0.25) is 0 Å². The van der Waals surface area contributed by atoms with E-state index >= 15 is 0 Å². The molecule has 0 bridgehead atoms. The minimum absolute atomic E-state index is 0.400. The molecule has 1 rings (SSSR count). The third kappa shape index (κ3) is 4.43. The van der Waals surface area contributed by atoms with Gasteiger partial charge in [0.15, 0.2) is 0 Å². The fourth-order valence-electron chi connectivity index (χ4n) is 1.71. The number of rotatable bonds is 6. The molecule has 0 atom stereocenters. The summed E-state index contributed by atoms with van der Waals surface area (Å²) in [6, 6.07) is 0. The minimum atomic E-state index is 0.400. The Morgan fingerprint density at radius 1 is 1.29 bits per heavy atom. The first kappa shape index (κ1) is 12.0. The predicted molar refractivity (Wildman–Crippen MR) is 60.5 cm³/mol. The Labute approximate surface area is 88.4 Å². The molecular formula is C12H25NO. The highest BCUT2D eigenvalue weighted by Crippen LogP contribution is 2.48. The van der Waals surface area contributed by atoms with Crippen LogP contribution in [0.15, 0.2) is 0 Å². The van der Waals surface area contributed by atoms with E-state index in [2.05, 4.69) is 26.1 Å². The molecule has 0 aromatic heterocycles. The van der Waals surface area contributed by atoms with E-state index < -0.39 is 0 Å². The van der Waals surface area contributed by atoms with Crippen LogP contribution >= 0.6 is 0 Å². The molecule has 2 heteroatoms. The largest absolute Gasteiger partial charge is 0.385 e. The van der Waals surface area contributed by atoms with Crippen LogP contribution in [0.5, 0.6) is 0 Å². The van der Waals surface area contributed by atoms with Crippen molar-refractivity contribution in [3.8, 4) is 0 Å².